The number of para-hydroxylation sites is 1. The molecule has 0 saturated heterocycles. The number of nitrogens with zero attached hydrogens (tertiary/aromatic N) is 2. The van der Waals surface area contributed by atoms with Crippen molar-refractivity contribution in [2.45, 2.75) is 11.8 Å². The molecule has 110 valence electrons. The predicted octanol–water partition coefficient (Wildman–Crippen LogP) is 2.54. The van der Waals surface area contributed by atoms with E-state index in [1.165, 1.54) is 12.4 Å². The summed E-state index contributed by atoms with van der Waals surface area (Å²) < 4.78 is 27.7. The van der Waals surface area contributed by atoms with E-state index in [2.05, 4.69) is 14.7 Å². The van der Waals surface area contributed by atoms with Gasteiger partial charge in [0.05, 0.1) is 34.1 Å². The normalized spacial score (nSPS) is 11.3. The quantitative estimate of drug-likeness (QED) is 0.776. The molecule has 7 heteroatoms. The highest BCUT2D eigenvalue weighted by Gasteiger charge is 2.19. The van der Waals surface area contributed by atoms with Gasteiger partial charge >= 0.3 is 0 Å². The molecule has 2 aromatic carbocycles. The molecule has 0 bridgehead atoms. The van der Waals surface area contributed by atoms with Crippen LogP contribution in [0.1, 0.15) is 11.1 Å². The van der Waals surface area contributed by atoms with Crippen LogP contribution in [0.2, 0.25) is 0 Å². The number of aromatic amines is 1. The SMILES string of the molecule is Cc1ccc(C#N)cc1S(=O)(=O)Nc1cccc2[nH]cnc12. The summed E-state index contributed by atoms with van der Waals surface area (Å²) in [5.74, 6) is 0. The maximum Gasteiger partial charge on any atom is 0.262 e. The first kappa shape index (κ1) is 14.1. The summed E-state index contributed by atoms with van der Waals surface area (Å²) in [6.45, 7) is 1.69. The highest BCUT2D eigenvalue weighted by molar-refractivity contribution is 7.92. The molecule has 22 heavy (non-hydrogen) atoms. The van der Waals surface area contributed by atoms with Crippen LogP contribution >= 0.6 is 0 Å². The number of sulfonamides is 1. The molecule has 1 heterocycles. The van der Waals surface area contributed by atoms with Crippen molar-refractivity contribution in [3.05, 3.63) is 53.9 Å². The topological polar surface area (TPSA) is 98.6 Å². The fourth-order valence-electron chi connectivity index (χ4n) is 2.21. The largest absolute Gasteiger partial charge is 0.345 e. The Bertz CT molecular complexity index is 1000. The van der Waals surface area contributed by atoms with Crippen LogP contribution in [0, 0.1) is 18.3 Å². The first-order valence-electron chi connectivity index (χ1n) is 6.47. The molecule has 2 N–H and O–H groups in total. The van der Waals surface area contributed by atoms with Gasteiger partial charge in [0.15, 0.2) is 0 Å². The number of hydrogen-bond acceptors (Lipinski definition) is 4. The zero-order valence-corrected chi connectivity index (χ0v) is 12.5. The summed E-state index contributed by atoms with van der Waals surface area (Å²) in [4.78, 5) is 7.13. The number of benzene rings is 2. The third-order valence-electron chi connectivity index (χ3n) is 3.30. The number of fused-ring (bicyclic) bond motifs is 1. The lowest BCUT2D eigenvalue weighted by Crippen LogP contribution is -2.14. The summed E-state index contributed by atoms with van der Waals surface area (Å²) in [7, 11) is -3.80. The van der Waals surface area contributed by atoms with Crippen molar-refractivity contribution in [2.75, 3.05) is 4.72 Å². The molecule has 3 rings (SSSR count). The molecule has 0 spiro atoms. The number of nitriles is 1. The molecule has 0 aliphatic heterocycles. The van der Waals surface area contributed by atoms with Gasteiger partial charge in [-0.15, -0.1) is 0 Å². The van der Waals surface area contributed by atoms with Crippen LogP contribution in [-0.4, -0.2) is 18.4 Å². The Morgan fingerprint density at radius 3 is 2.86 bits per heavy atom. The smallest absolute Gasteiger partial charge is 0.262 e. The van der Waals surface area contributed by atoms with E-state index >= 15 is 0 Å². The Labute approximate surface area is 127 Å². The van der Waals surface area contributed by atoms with Crippen LogP contribution in [-0.2, 0) is 10.0 Å². The third kappa shape index (κ3) is 2.40. The number of H-pyrrole nitrogens is 1. The Morgan fingerprint density at radius 1 is 1.27 bits per heavy atom. The van der Waals surface area contributed by atoms with Gasteiger partial charge in [0, 0.05) is 0 Å². The molecule has 3 aromatic rings. The number of hydrogen-bond donors (Lipinski definition) is 2. The van der Waals surface area contributed by atoms with E-state index in [0.29, 0.717) is 22.3 Å². The van der Waals surface area contributed by atoms with Crippen LogP contribution in [0.5, 0.6) is 0 Å². The first-order valence-corrected chi connectivity index (χ1v) is 7.95. The Hall–Kier alpha value is -2.85. The second-order valence-corrected chi connectivity index (χ2v) is 6.45. The van der Waals surface area contributed by atoms with E-state index < -0.39 is 10.0 Å². The van der Waals surface area contributed by atoms with Crippen LogP contribution in [0.4, 0.5) is 5.69 Å². The lowest BCUT2D eigenvalue weighted by molar-refractivity contribution is 0.600. The lowest BCUT2D eigenvalue weighted by Gasteiger charge is -2.11. The molecule has 0 saturated carbocycles. The van der Waals surface area contributed by atoms with Crippen LogP contribution in [0.15, 0.2) is 47.6 Å². The molecule has 0 fully saturated rings. The molecular weight excluding hydrogens is 300 g/mol. The van der Waals surface area contributed by atoms with Crippen molar-refractivity contribution in [1.82, 2.24) is 9.97 Å². The third-order valence-corrected chi connectivity index (χ3v) is 4.81. The minimum absolute atomic E-state index is 0.0825. The Morgan fingerprint density at radius 2 is 2.09 bits per heavy atom. The van der Waals surface area contributed by atoms with Crippen LogP contribution in [0.3, 0.4) is 0 Å². The maximum absolute atomic E-state index is 12.6. The second kappa shape index (κ2) is 5.16. The Balaban J connectivity index is 2.08. The number of imidazole rings is 1. The van der Waals surface area contributed by atoms with E-state index in [9.17, 15) is 8.42 Å². The average molecular weight is 312 g/mol. The van der Waals surface area contributed by atoms with Gasteiger partial charge in [0.1, 0.15) is 5.52 Å². The maximum atomic E-state index is 12.6. The summed E-state index contributed by atoms with van der Waals surface area (Å²) in [5, 5.41) is 8.94. The summed E-state index contributed by atoms with van der Waals surface area (Å²) in [6, 6.07) is 11.7. The van der Waals surface area contributed by atoms with Crippen molar-refractivity contribution in [3.63, 3.8) is 0 Å². The van der Waals surface area contributed by atoms with Crippen LogP contribution in [0.25, 0.3) is 11.0 Å². The van der Waals surface area contributed by atoms with E-state index in [4.69, 9.17) is 5.26 Å². The highest BCUT2D eigenvalue weighted by Crippen LogP contribution is 2.25. The molecule has 0 atom stereocenters. The summed E-state index contributed by atoms with van der Waals surface area (Å²) in [5.41, 5.74) is 2.54. The van der Waals surface area contributed by atoms with Crippen molar-refractivity contribution in [2.24, 2.45) is 0 Å². The van der Waals surface area contributed by atoms with E-state index in [0.717, 1.165) is 5.52 Å². The molecule has 6 nitrogen and oxygen atoms in total. The lowest BCUT2D eigenvalue weighted by atomic mass is 10.2. The zero-order chi connectivity index (χ0) is 15.7. The molecule has 0 amide bonds. The van der Waals surface area contributed by atoms with Gasteiger partial charge in [-0.25, -0.2) is 13.4 Å². The number of anilines is 1. The number of rotatable bonds is 3. The number of nitrogens with one attached hydrogen (secondary N) is 2. The van der Waals surface area contributed by atoms with Crippen LogP contribution < -0.4 is 4.72 Å². The van der Waals surface area contributed by atoms with Gasteiger partial charge in [-0.1, -0.05) is 12.1 Å². The van der Waals surface area contributed by atoms with Crippen molar-refractivity contribution >= 4 is 26.7 Å². The van der Waals surface area contributed by atoms with Gasteiger partial charge in [-0.2, -0.15) is 5.26 Å². The standard InChI is InChI=1S/C15H12N4O2S/c1-10-5-6-11(8-16)7-14(10)22(20,21)19-13-4-2-3-12-15(13)18-9-17-12/h2-7,9,19H,1H3,(H,17,18). The van der Waals surface area contributed by atoms with E-state index in [1.807, 2.05) is 12.1 Å². The predicted molar refractivity (Wildman–Crippen MR) is 82.8 cm³/mol. The zero-order valence-electron chi connectivity index (χ0n) is 11.7. The molecule has 1 aromatic heterocycles. The molecule has 0 unspecified atom stereocenters. The molecular formula is C15H12N4O2S. The van der Waals surface area contributed by atoms with E-state index in [-0.39, 0.29) is 4.90 Å². The minimum Gasteiger partial charge on any atom is -0.345 e. The monoisotopic (exact) mass is 312 g/mol. The first-order chi connectivity index (χ1) is 10.5. The minimum atomic E-state index is -3.80. The highest BCUT2D eigenvalue weighted by atomic mass is 32.2. The van der Waals surface area contributed by atoms with Gasteiger partial charge in [-0.3, -0.25) is 4.72 Å². The molecule has 0 aliphatic rings. The average Bonchev–Trinajstić information content (AvgIpc) is 2.97. The van der Waals surface area contributed by atoms with Gasteiger partial charge in [-0.05, 0) is 36.8 Å². The molecule has 0 aliphatic carbocycles. The number of aryl methyl sites for hydroxylation is 1. The van der Waals surface area contributed by atoms with Gasteiger partial charge in [0.25, 0.3) is 10.0 Å². The van der Waals surface area contributed by atoms with Crippen molar-refractivity contribution in [1.29, 1.82) is 5.26 Å². The number of aromatic nitrogens is 2. The summed E-state index contributed by atoms with van der Waals surface area (Å²) in [6.07, 6.45) is 1.50. The van der Waals surface area contributed by atoms with E-state index in [1.54, 1.807) is 31.2 Å². The van der Waals surface area contributed by atoms with Gasteiger partial charge in [0.2, 0.25) is 0 Å². The summed E-state index contributed by atoms with van der Waals surface area (Å²) >= 11 is 0. The fourth-order valence-corrected chi connectivity index (χ4v) is 3.54. The second-order valence-electron chi connectivity index (χ2n) is 4.80. The van der Waals surface area contributed by atoms with Gasteiger partial charge < -0.3 is 4.98 Å². The molecule has 0 radical (unpaired) electrons. The Kier molecular flexibility index (Phi) is 3.31. The fraction of sp³-hybridized carbons (Fsp3) is 0.0667. The van der Waals surface area contributed by atoms with Crippen molar-refractivity contribution < 1.29 is 8.42 Å². The van der Waals surface area contributed by atoms with Crippen molar-refractivity contribution in [3.8, 4) is 6.07 Å².